The van der Waals surface area contributed by atoms with Gasteiger partial charge >= 0.3 is 5.97 Å². The summed E-state index contributed by atoms with van der Waals surface area (Å²) in [4.78, 5) is 12.0. The third kappa shape index (κ3) is 5.44. The quantitative estimate of drug-likeness (QED) is 0.233. The molecule has 0 saturated carbocycles. The van der Waals surface area contributed by atoms with Gasteiger partial charge in [0.1, 0.15) is 16.2 Å². The molecule has 11 heteroatoms. The van der Waals surface area contributed by atoms with E-state index in [1.165, 1.54) is 29.5 Å². The van der Waals surface area contributed by atoms with Crippen LogP contribution in [0.4, 0.5) is 5.00 Å². The minimum absolute atomic E-state index is 0.149. The van der Waals surface area contributed by atoms with Crippen molar-refractivity contribution in [3.63, 3.8) is 0 Å². The molecule has 8 nitrogen and oxygen atoms in total. The minimum atomic E-state index is -4.14. The van der Waals surface area contributed by atoms with Gasteiger partial charge < -0.3 is 5.11 Å². The molecule has 0 bridgehead atoms. The molecule has 2 aromatic heterocycles. The van der Waals surface area contributed by atoms with E-state index in [4.69, 9.17) is 11.6 Å². The summed E-state index contributed by atoms with van der Waals surface area (Å²) in [6, 6.07) is 16.9. The first kappa shape index (κ1) is 28.4. The number of hydrogen-bond donors (Lipinski definition) is 2. The second-order valence-electron chi connectivity index (χ2n) is 10.2. The van der Waals surface area contributed by atoms with Crippen molar-refractivity contribution in [2.24, 2.45) is 0 Å². The van der Waals surface area contributed by atoms with Crippen LogP contribution in [-0.4, -0.2) is 29.3 Å². The first-order valence-corrected chi connectivity index (χ1v) is 15.2. The van der Waals surface area contributed by atoms with Gasteiger partial charge in [-0.05, 0) is 61.4 Å². The summed E-state index contributed by atoms with van der Waals surface area (Å²) in [7, 11) is -4.14. The van der Waals surface area contributed by atoms with Crippen LogP contribution in [0.2, 0.25) is 5.15 Å². The van der Waals surface area contributed by atoms with Crippen molar-refractivity contribution in [1.82, 2.24) is 9.78 Å². The Morgan fingerprint density at radius 1 is 1.20 bits per heavy atom. The molecule has 0 aliphatic heterocycles. The number of carboxylic acid groups (broad SMARTS) is 1. The van der Waals surface area contributed by atoms with E-state index in [9.17, 15) is 23.6 Å². The summed E-state index contributed by atoms with van der Waals surface area (Å²) in [5, 5.41) is 24.6. The van der Waals surface area contributed by atoms with Crippen LogP contribution < -0.4 is 4.72 Å². The fraction of sp³-hybridized carbons (Fsp3) is 0.167. The predicted molar refractivity (Wildman–Crippen MR) is 161 cm³/mol. The number of aromatic carboxylic acids is 1. The van der Waals surface area contributed by atoms with Crippen molar-refractivity contribution >= 4 is 56.1 Å². The van der Waals surface area contributed by atoms with Gasteiger partial charge in [0.05, 0.1) is 27.4 Å². The van der Waals surface area contributed by atoms with E-state index < -0.39 is 16.0 Å². The number of para-hydroxylation sites is 1. The van der Waals surface area contributed by atoms with Gasteiger partial charge in [0, 0.05) is 21.4 Å². The molecule has 0 fully saturated rings. The van der Waals surface area contributed by atoms with E-state index in [-0.39, 0.29) is 26.4 Å². The first-order chi connectivity index (χ1) is 19.4. The summed E-state index contributed by atoms with van der Waals surface area (Å²) < 4.78 is 30.5. The van der Waals surface area contributed by atoms with E-state index in [0.717, 1.165) is 33.5 Å². The maximum atomic E-state index is 13.2. The van der Waals surface area contributed by atoms with Crippen LogP contribution in [0.5, 0.6) is 0 Å². The monoisotopic (exact) mass is 604 g/mol. The Hall–Kier alpha value is -4.17. The highest BCUT2D eigenvalue weighted by Crippen LogP contribution is 2.48. The van der Waals surface area contributed by atoms with Crippen LogP contribution in [0, 0.1) is 18.3 Å². The van der Waals surface area contributed by atoms with Gasteiger partial charge in [0.2, 0.25) is 0 Å². The molecule has 0 spiro atoms. The van der Waals surface area contributed by atoms with Gasteiger partial charge in [-0.15, -0.1) is 11.3 Å². The number of fused-ring (bicyclic) bond motifs is 1. The number of benzene rings is 2. The zero-order chi connectivity index (χ0) is 29.5. The smallest absolute Gasteiger partial charge is 0.335 e. The lowest BCUT2D eigenvalue weighted by Crippen LogP contribution is -2.20. The van der Waals surface area contributed by atoms with Gasteiger partial charge in [-0.3, -0.25) is 4.72 Å². The Bertz CT molecular complexity index is 1900. The molecule has 0 unspecified atom stereocenters. The molecule has 2 heterocycles. The van der Waals surface area contributed by atoms with Crippen molar-refractivity contribution in [2.75, 3.05) is 4.72 Å². The maximum absolute atomic E-state index is 13.2. The van der Waals surface area contributed by atoms with Crippen LogP contribution in [0.15, 0.2) is 71.1 Å². The molecule has 5 rings (SSSR count). The second-order valence-corrected chi connectivity index (χ2v) is 13.3. The molecule has 2 aromatic carbocycles. The largest absolute Gasteiger partial charge is 0.478 e. The zero-order valence-corrected chi connectivity index (χ0v) is 24.7. The Balaban J connectivity index is 1.50. The average Bonchev–Trinajstić information content (AvgIpc) is 3.43. The van der Waals surface area contributed by atoms with Gasteiger partial charge in [-0.25, -0.2) is 17.9 Å². The number of halogens is 1. The molecule has 41 heavy (non-hydrogen) atoms. The van der Waals surface area contributed by atoms with Gasteiger partial charge in [-0.1, -0.05) is 55.8 Å². The lowest BCUT2D eigenvalue weighted by Gasteiger charge is -2.29. The summed E-state index contributed by atoms with van der Waals surface area (Å²) >= 11 is 7.92. The summed E-state index contributed by atoms with van der Waals surface area (Å²) in [5.41, 5.74) is 3.68. The lowest BCUT2D eigenvalue weighted by molar-refractivity contribution is 0.0696. The normalized spacial score (nSPS) is 14.4. The number of anilines is 1. The molecule has 0 atom stereocenters. The van der Waals surface area contributed by atoms with Crippen LogP contribution in [0.1, 0.15) is 57.9 Å². The van der Waals surface area contributed by atoms with E-state index in [1.54, 1.807) is 4.68 Å². The minimum Gasteiger partial charge on any atom is -0.478 e. The maximum Gasteiger partial charge on any atom is 0.335 e. The third-order valence-corrected chi connectivity index (χ3v) is 10.1. The van der Waals surface area contributed by atoms with Gasteiger partial charge in [0.15, 0.2) is 0 Å². The molecular weight excluding hydrogens is 580 g/mol. The van der Waals surface area contributed by atoms with Crippen molar-refractivity contribution in [3.8, 4) is 11.8 Å². The molecule has 0 radical (unpaired) electrons. The second kappa shape index (κ2) is 10.7. The molecule has 0 amide bonds. The standard InChI is InChI=1S/C30H25ClN4O4S2/c1-18-23(27(31)35(33-18)21-9-5-4-6-10-21)13-12-19-14-24-25(17-32)28(40-26(24)30(2,3)16-19)34-41(38,39)22-11-7-8-20(15-22)29(36)37/h4-15,34H,16H2,1-3H3,(H,36,37)/b13-12-. The Morgan fingerprint density at radius 3 is 2.61 bits per heavy atom. The molecule has 0 saturated heterocycles. The number of carbonyl (C=O) groups is 1. The fourth-order valence-electron chi connectivity index (χ4n) is 4.81. The number of rotatable bonds is 7. The van der Waals surface area contributed by atoms with Gasteiger partial charge in [0.25, 0.3) is 10.0 Å². The Labute approximate surface area is 246 Å². The summed E-state index contributed by atoms with van der Waals surface area (Å²) in [5.74, 6) is -1.23. The highest BCUT2D eigenvalue weighted by atomic mass is 35.5. The van der Waals surface area contributed by atoms with Crippen LogP contribution in [-0.2, 0) is 15.4 Å². The summed E-state index contributed by atoms with van der Waals surface area (Å²) in [6.45, 7) is 5.98. The number of nitriles is 1. The number of hydrogen-bond acceptors (Lipinski definition) is 6. The topological polar surface area (TPSA) is 125 Å². The number of allylic oxidation sites excluding steroid dienone is 2. The number of nitrogens with zero attached hydrogens (tertiary/aromatic N) is 3. The van der Waals surface area contributed by atoms with Crippen molar-refractivity contribution in [1.29, 1.82) is 5.26 Å². The van der Waals surface area contributed by atoms with Crippen molar-refractivity contribution in [2.45, 2.75) is 37.5 Å². The highest BCUT2D eigenvalue weighted by molar-refractivity contribution is 7.93. The van der Waals surface area contributed by atoms with Crippen LogP contribution >= 0.6 is 22.9 Å². The van der Waals surface area contributed by atoms with Crippen molar-refractivity contribution in [3.05, 3.63) is 104 Å². The third-order valence-electron chi connectivity index (χ3n) is 6.78. The number of aryl methyl sites for hydroxylation is 1. The van der Waals surface area contributed by atoms with Crippen LogP contribution in [0.3, 0.4) is 0 Å². The van der Waals surface area contributed by atoms with E-state index >= 15 is 0 Å². The van der Waals surface area contributed by atoms with E-state index in [1.807, 2.05) is 69.3 Å². The summed E-state index contributed by atoms with van der Waals surface area (Å²) in [6.07, 6.45) is 6.42. The number of nitrogens with one attached hydrogen (secondary N) is 1. The Morgan fingerprint density at radius 2 is 1.93 bits per heavy atom. The van der Waals surface area contributed by atoms with Gasteiger partial charge in [-0.2, -0.15) is 10.4 Å². The molecular formula is C30H25ClN4O4S2. The predicted octanol–water partition coefficient (Wildman–Crippen LogP) is 7.04. The van der Waals surface area contributed by atoms with Crippen LogP contribution in [0.25, 0.3) is 17.8 Å². The first-order valence-electron chi connectivity index (χ1n) is 12.5. The van der Waals surface area contributed by atoms with E-state index in [2.05, 4.69) is 15.9 Å². The molecule has 208 valence electrons. The number of aromatic nitrogens is 2. The number of carboxylic acids is 1. The molecule has 1 aliphatic carbocycles. The molecule has 4 aromatic rings. The lowest BCUT2D eigenvalue weighted by atomic mass is 9.77. The number of sulfonamides is 1. The zero-order valence-electron chi connectivity index (χ0n) is 22.3. The van der Waals surface area contributed by atoms with Crippen molar-refractivity contribution < 1.29 is 18.3 Å². The SMILES string of the molecule is Cc1nn(-c2ccccc2)c(Cl)c1/C=C\C1=Cc2c(sc(NS(=O)(=O)c3cccc(C(=O)O)c3)c2C#N)C(C)(C)C1. The molecule has 2 N–H and O–H groups in total. The van der Waals surface area contributed by atoms with E-state index in [0.29, 0.717) is 17.1 Å². The Kier molecular flexibility index (Phi) is 7.38. The average molecular weight is 605 g/mol. The number of thiophene rings is 1. The fourth-order valence-corrected chi connectivity index (χ4v) is 7.73. The molecule has 1 aliphatic rings. The highest BCUT2D eigenvalue weighted by Gasteiger charge is 2.34.